The summed E-state index contributed by atoms with van der Waals surface area (Å²) in [6, 6.07) is 0. The summed E-state index contributed by atoms with van der Waals surface area (Å²) in [5, 5.41) is 19.1. The van der Waals surface area contributed by atoms with Crippen molar-refractivity contribution in [1.82, 2.24) is 0 Å². The van der Waals surface area contributed by atoms with E-state index in [9.17, 15) is 10.2 Å². The third-order valence-corrected chi connectivity index (χ3v) is 3.51. The number of hydrogen-bond donors (Lipinski definition) is 2. The van der Waals surface area contributed by atoms with Crippen molar-refractivity contribution >= 4 is 0 Å². The molecule has 0 aliphatic heterocycles. The fraction of sp³-hybridized carbons (Fsp3) is 0.800. The van der Waals surface area contributed by atoms with Gasteiger partial charge in [-0.1, -0.05) is 18.6 Å². The molecule has 3 atom stereocenters. The van der Waals surface area contributed by atoms with Gasteiger partial charge in [0.1, 0.15) is 0 Å². The molecular weight excluding hydrogens is 152 g/mol. The Balaban J connectivity index is 2.31. The molecule has 0 radical (unpaired) electrons. The van der Waals surface area contributed by atoms with Crippen LogP contribution in [-0.2, 0) is 0 Å². The van der Waals surface area contributed by atoms with Gasteiger partial charge in [-0.15, -0.1) is 0 Å². The zero-order valence-electron chi connectivity index (χ0n) is 7.45. The maximum atomic E-state index is 9.75. The second-order valence-electron chi connectivity index (χ2n) is 4.27. The van der Waals surface area contributed by atoms with Crippen molar-refractivity contribution in [3.63, 3.8) is 0 Å². The Morgan fingerprint density at radius 3 is 2.92 bits per heavy atom. The number of fused-ring (bicyclic) bond motifs is 1. The number of aliphatic hydroxyl groups excluding tert-OH is 2. The van der Waals surface area contributed by atoms with E-state index in [0.717, 1.165) is 25.7 Å². The van der Waals surface area contributed by atoms with Crippen molar-refractivity contribution in [2.75, 3.05) is 0 Å². The van der Waals surface area contributed by atoms with E-state index in [1.165, 1.54) is 5.57 Å². The zero-order chi connectivity index (χ0) is 8.77. The van der Waals surface area contributed by atoms with Gasteiger partial charge in [-0.05, 0) is 25.7 Å². The lowest BCUT2D eigenvalue weighted by atomic mass is 9.74. The summed E-state index contributed by atoms with van der Waals surface area (Å²) in [7, 11) is 0. The average molecular weight is 168 g/mol. The van der Waals surface area contributed by atoms with Gasteiger partial charge in [-0.25, -0.2) is 0 Å². The Hall–Kier alpha value is -0.340. The molecule has 0 saturated heterocycles. The fourth-order valence-electron chi connectivity index (χ4n) is 2.47. The van der Waals surface area contributed by atoms with Crippen LogP contribution in [0.1, 0.15) is 32.6 Å². The largest absolute Gasteiger partial charge is 0.392 e. The van der Waals surface area contributed by atoms with Crippen LogP contribution in [0.2, 0.25) is 0 Å². The molecule has 0 bridgehead atoms. The Labute approximate surface area is 72.9 Å². The minimum atomic E-state index is -0.265. The van der Waals surface area contributed by atoms with Crippen molar-refractivity contribution in [2.24, 2.45) is 5.41 Å². The van der Waals surface area contributed by atoms with Gasteiger partial charge in [0.15, 0.2) is 0 Å². The van der Waals surface area contributed by atoms with Crippen LogP contribution in [-0.4, -0.2) is 22.4 Å². The highest BCUT2D eigenvalue weighted by Gasteiger charge is 2.43. The van der Waals surface area contributed by atoms with E-state index >= 15 is 0 Å². The van der Waals surface area contributed by atoms with Crippen molar-refractivity contribution < 1.29 is 10.2 Å². The third-order valence-electron chi connectivity index (χ3n) is 3.51. The van der Waals surface area contributed by atoms with E-state index in [2.05, 4.69) is 6.92 Å². The summed E-state index contributed by atoms with van der Waals surface area (Å²) in [4.78, 5) is 0. The van der Waals surface area contributed by atoms with Gasteiger partial charge in [0, 0.05) is 5.41 Å². The molecular formula is C10H16O2. The molecule has 12 heavy (non-hydrogen) atoms. The molecule has 0 aromatic rings. The van der Waals surface area contributed by atoms with Crippen LogP contribution in [0.5, 0.6) is 0 Å². The molecule has 0 aromatic heterocycles. The van der Waals surface area contributed by atoms with E-state index in [-0.39, 0.29) is 17.6 Å². The Morgan fingerprint density at radius 2 is 2.17 bits per heavy atom. The first-order chi connectivity index (χ1) is 5.63. The Morgan fingerprint density at radius 1 is 1.42 bits per heavy atom. The topological polar surface area (TPSA) is 40.5 Å². The second kappa shape index (κ2) is 2.57. The van der Waals surface area contributed by atoms with Gasteiger partial charge >= 0.3 is 0 Å². The summed E-state index contributed by atoms with van der Waals surface area (Å²) in [6.07, 6.45) is 5.07. The SMILES string of the molecule is CC12CCC(O)C=C1CCC2O. The lowest BCUT2D eigenvalue weighted by Gasteiger charge is -2.34. The number of hydrogen-bond acceptors (Lipinski definition) is 2. The molecule has 2 rings (SSSR count). The summed E-state index contributed by atoms with van der Waals surface area (Å²) in [5.41, 5.74) is 1.26. The molecule has 0 aromatic carbocycles. The molecule has 68 valence electrons. The van der Waals surface area contributed by atoms with Crippen LogP contribution in [0.3, 0.4) is 0 Å². The third kappa shape index (κ3) is 1.02. The highest BCUT2D eigenvalue weighted by molar-refractivity contribution is 5.25. The maximum Gasteiger partial charge on any atom is 0.0724 e. The fourth-order valence-corrected chi connectivity index (χ4v) is 2.47. The lowest BCUT2D eigenvalue weighted by molar-refractivity contribution is 0.0596. The molecule has 2 N–H and O–H groups in total. The highest BCUT2D eigenvalue weighted by Crippen LogP contribution is 2.48. The van der Waals surface area contributed by atoms with Crippen molar-refractivity contribution in [1.29, 1.82) is 0 Å². The van der Waals surface area contributed by atoms with Gasteiger partial charge in [0.2, 0.25) is 0 Å². The summed E-state index contributed by atoms with van der Waals surface area (Å²) < 4.78 is 0. The molecule has 2 nitrogen and oxygen atoms in total. The monoisotopic (exact) mass is 168 g/mol. The molecule has 3 unspecified atom stereocenters. The number of aliphatic hydroxyl groups is 2. The van der Waals surface area contributed by atoms with E-state index in [0.29, 0.717) is 0 Å². The maximum absolute atomic E-state index is 9.75. The van der Waals surface area contributed by atoms with Crippen LogP contribution >= 0.6 is 0 Å². The molecule has 0 spiro atoms. The van der Waals surface area contributed by atoms with Gasteiger partial charge in [0.05, 0.1) is 12.2 Å². The van der Waals surface area contributed by atoms with Crippen LogP contribution in [0, 0.1) is 5.41 Å². The van der Waals surface area contributed by atoms with E-state index < -0.39 is 0 Å². The summed E-state index contributed by atoms with van der Waals surface area (Å²) in [6.45, 7) is 2.11. The van der Waals surface area contributed by atoms with E-state index in [1.54, 1.807) is 0 Å². The highest BCUT2D eigenvalue weighted by atomic mass is 16.3. The predicted molar refractivity (Wildman–Crippen MR) is 46.7 cm³/mol. The van der Waals surface area contributed by atoms with Crippen LogP contribution in [0.4, 0.5) is 0 Å². The van der Waals surface area contributed by atoms with Gasteiger partial charge in [-0.2, -0.15) is 0 Å². The molecule has 0 amide bonds. The zero-order valence-corrected chi connectivity index (χ0v) is 7.45. The molecule has 1 saturated carbocycles. The van der Waals surface area contributed by atoms with Gasteiger partial charge < -0.3 is 10.2 Å². The summed E-state index contributed by atoms with van der Waals surface area (Å²) >= 11 is 0. The Kier molecular flexibility index (Phi) is 1.77. The first-order valence-electron chi connectivity index (χ1n) is 4.70. The Bertz CT molecular complexity index is 222. The van der Waals surface area contributed by atoms with E-state index in [4.69, 9.17) is 0 Å². The van der Waals surface area contributed by atoms with Crippen molar-refractivity contribution in [3.8, 4) is 0 Å². The normalized spacial score (nSPS) is 47.1. The molecule has 2 aliphatic carbocycles. The van der Waals surface area contributed by atoms with Gasteiger partial charge in [-0.3, -0.25) is 0 Å². The van der Waals surface area contributed by atoms with E-state index in [1.807, 2.05) is 6.08 Å². The van der Waals surface area contributed by atoms with Crippen LogP contribution in [0.25, 0.3) is 0 Å². The lowest BCUT2D eigenvalue weighted by Crippen LogP contribution is -2.32. The first kappa shape index (κ1) is 8.27. The smallest absolute Gasteiger partial charge is 0.0724 e. The minimum absolute atomic E-state index is 0.0147. The standard InChI is InChI=1S/C10H16O2/c1-10-5-4-8(11)6-7(10)2-3-9(10)12/h6,8-9,11-12H,2-5H2,1H3. The average Bonchev–Trinajstić information content (AvgIpc) is 2.31. The van der Waals surface area contributed by atoms with Gasteiger partial charge in [0.25, 0.3) is 0 Å². The first-order valence-corrected chi connectivity index (χ1v) is 4.70. The quantitative estimate of drug-likeness (QED) is 0.534. The molecule has 1 fully saturated rings. The predicted octanol–water partition coefficient (Wildman–Crippen LogP) is 1.23. The molecule has 2 aliphatic rings. The number of rotatable bonds is 0. The second-order valence-corrected chi connectivity index (χ2v) is 4.27. The molecule has 2 heteroatoms. The van der Waals surface area contributed by atoms with Crippen molar-refractivity contribution in [3.05, 3.63) is 11.6 Å². The molecule has 0 heterocycles. The van der Waals surface area contributed by atoms with Crippen LogP contribution in [0.15, 0.2) is 11.6 Å². The van der Waals surface area contributed by atoms with Crippen molar-refractivity contribution in [2.45, 2.75) is 44.8 Å². The summed E-state index contributed by atoms with van der Waals surface area (Å²) in [5.74, 6) is 0. The van der Waals surface area contributed by atoms with Crippen LogP contribution < -0.4 is 0 Å². The minimum Gasteiger partial charge on any atom is -0.392 e.